The Labute approximate surface area is 168 Å². The maximum absolute atomic E-state index is 2.43. The van der Waals surface area contributed by atoms with Gasteiger partial charge in [0.2, 0.25) is 0 Å². The van der Waals surface area contributed by atoms with Gasteiger partial charge in [0.1, 0.15) is 0 Å². The van der Waals surface area contributed by atoms with Gasteiger partial charge in [-0.1, -0.05) is 76.9 Å². The maximum Gasteiger partial charge on any atom is -0.0244 e. The standard InChI is InChI=1S/C27H40/c1-23(2)13-9-14-24(3)15-10-16-25(4)17-11-18-26(5)19-12-22-27-20-7-6-8-21-27/h6-8,13,15,17,19-21H,9-12,14,16,18,22H2,1-5H3/b24-15-,25-17+,26-19+. The number of aryl methyl sites for hydroxylation is 1. The fourth-order valence-corrected chi connectivity index (χ4v) is 3.12. The quantitative estimate of drug-likeness (QED) is 0.325. The van der Waals surface area contributed by atoms with Crippen LogP contribution in [-0.2, 0) is 6.42 Å². The summed E-state index contributed by atoms with van der Waals surface area (Å²) in [5, 5.41) is 0. The van der Waals surface area contributed by atoms with Gasteiger partial charge in [0.15, 0.2) is 0 Å². The number of benzene rings is 1. The second-order valence-corrected chi connectivity index (χ2v) is 8.07. The van der Waals surface area contributed by atoms with Crippen LogP contribution in [0.4, 0.5) is 0 Å². The van der Waals surface area contributed by atoms with Gasteiger partial charge in [-0.25, -0.2) is 0 Å². The van der Waals surface area contributed by atoms with Gasteiger partial charge in [0, 0.05) is 0 Å². The van der Waals surface area contributed by atoms with Gasteiger partial charge < -0.3 is 0 Å². The molecule has 0 aromatic heterocycles. The average Bonchev–Trinajstić information content (AvgIpc) is 2.62. The lowest BCUT2D eigenvalue weighted by molar-refractivity contribution is 0.893. The second-order valence-electron chi connectivity index (χ2n) is 8.07. The molecule has 0 N–H and O–H groups in total. The molecule has 0 heteroatoms. The Hall–Kier alpha value is -1.82. The molecule has 1 rings (SSSR count). The van der Waals surface area contributed by atoms with Crippen molar-refractivity contribution in [2.75, 3.05) is 0 Å². The van der Waals surface area contributed by atoms with Gasteiger partial charge in [0.25, 0.3) is 0 Å². The summed E-state index contributed by atoms with van der Waals surface area (Å²) < 4.78 is 0. The zero-order valence-corrected chi connectivity index (χ0v) is 18.4. The highest BCUT2D eigenvalue weighted by Gasteiger charge is 1.94. The van der Waals surface area contributed by atoms with E-state index in [4.69, 9.17) is 0 Å². The van der Waals surface area contributed by atoms with E-state index in [-0.39, 0.29) is 0 Å². The van der Waals surface area contributed by atoms with Gasteiger partial charge in [0.05, 0.1) is 0 Å². The summed E-state index contributed by atoms with van der Waals surface area (Å²) in [6.07, 6.45) is 19.0. The van der Waals surface area contributed by atoms with Crippen LogP contribution in [-0.4, -0.2) is 0 Å². The third-order valence-corrected chi connectivity index (χ3v) is 4.92. The van der Waals surface area contributed by atoms with E-state index in [0.29, 0.717) is 0 Å². The molecule has 0 aliphatic carbocycles. The molecule has 0 saturated heterocycles. The lowest BCUT2D eigenvalue weighted by Crippen LogP contribution is -1.84. The molecule has 0 atom stereocenters. The number of hydrogen-bond acceptors (Lipinski definition) is 0. The van der Waals surface area contributed by atoms with Crippen molar-refractivity contribution in [1.29, 1.82) is 0 Å². The fourth-order valence-electron chi connectivity index (χ4n) is 3.12. The zero-order chi connectivity index (χ0) is 19.9. The molecule has 0 unspecified atom stereocenters. The summed E-state index contributed by atoms with van der Waals surface area (Å²) in [7, 11) is 0. The van der Waals surface area contributed by atoms with Gasteiger partial charge >= 0.3 is 0 Å². The van der Waals surface area contributed by atoms with Crippen LogP contribution in [0.3, 0.4) is 0 Å². The molecular weight excluding hydrogens is 324 g/mol. The molecule has 0 nitrogen and oxygen atoms in total. The molecule has 0 aliphatic rings. The lowest BCUT2D eigenvalue weighted by atomic mass is 10.0. The van der Waals surface area contributed by atoms with Crippen LogP contribution in [0.5, 0.6) is 0 Å². The summed E-state index contributed by atoms with van der Waals surface area (Å²) in [5.41, 5.74) is 7.43. The molecule has 0 radical (unpaired) electrons. The normalized spacial score (nSPS) is 13.0. The van der Waals surface area contributed by atoms with Crippen molar-refractivity contribution < 1.29 is 0 Å². The largest absolute Gasteiger partial charge is 0.0856 e. The summed E-state index contributed by atoms with van der Waals surface area (Å²) in [6, 6.07) is 10.8. The van der Waals surface area contributed by atoms with Crippen molar-refractivity contribution in [3.05, 3.63) is 82.5 Å². The molecule has 1 aromatic rings. The molecule has 0 aliphatic heterocycles. The highest BCUT2D eigenvalue weighted by Crippen LogP contribution is 2.14. The van der Waals surface area contributed by atoms with Gasteiger partial charge in [-0.05, 0) is 91.5 Å². The monoisotopic (exact) mass is 364 g/mol. The minimum atomic E-state index is 1.15. The summed E-state index contributed by atoms with van der Waals surface area (Å²) in [5.74, 6) is 0. The highest BCUT2D eigenvalue weighted by molar-refractivity contribution is 5.16. The van der Waals surface area contributed by atoms with Gasteiger partial charge in [-0.3, -0.25) is 0 Å². The molecule has 27 heavy (non-hydrogen) atoms. The molecule has 0 bridgehead atoms. The third-order valence-electron chi connectivity index (χ3n) is 4.92. The average molecular weight is 365 g/mol. The smallest absolute Gasteiger partial charge is 0.0244 e. The van der Waals surface area contributed by atoms with Crippen LogP contribution >= 0.6 is 0 Å². The molecular formula is C27H40. The molecule has 0 spiro atoms. The molecule has 0 fully saturated rings. The van der Waals surface area contributed by atoms with E-state index in [1.165, 1.54) is 66.4 Å². The molecule has 148 valence electrons. The first-order valence-electron chi connectivity index (χ1n) is 10.6. The predicted octanol–water partition coefficient (Wildman–Crippen LogP) is 8.76. The van der Waals surface area contributed by atoms with Gasteiger partial charge in [-0.2, -0.15) is 0 Å². The SMILES string of the molecule is CC(C)=CCC/C(C)=C\CC/C(C)=C/CC/C(C)=C/CCc1ccccc1. The van der Waals surface area contributed by atoms with Crippen molar-refractivity contribution >= 4 is 0 Å². The summed E-state index contributed by atoms with van der Waals surface area (Å²) >= 11 is 0. The topological polar surface area (TPSA) is 0 Å². The van der Waals surface area contributed by atoms with Gasteiger partial charge in [-0.15, -0.1) is 0 Å². The first-order chi connectivity index (χ1) is 13.0. The van der Waals surface area contributed by atoms with Crippen molar-refractivity contribution in [3.63, 3.8) is 0 Å². The minimum absolute atomic E-state index is 1.15. The van der Waals surface area contributed by atoms with Crippen LogP contribution in [0.2, 0.25) is 0 Å². The minimum Gasteiger partial charge on any atom is -0.0856 e. The Kier molecular flexibility index (Phi) is 12.3. The van der Waals surface area contributed by atoms with E-state index in [9.17, 15) is 0 Å². The van der Waals surface area contributed by atoms with E-state index >= 15 is 0 Å². The lowest BCUT2D eigenvalue weighted by Gasteiger charge is -2.03. The van der Waals surface area contributed by atoms with E-state index in [2.05, 4.69) is 89.3 Å². The summed E-state index contributed by atoms with van der Waals surface area (Å²) in [6.45, 7) is 11.2. The van der Waals surface area contributed by atoms with Crippen molar-refractivity contribution in [1.82, 2.24) is 0 Å². The highest BCUT2D eigenvalue weighted by atomic mass is 14.0. The molecule has 1 aromatic carbocycles. The number of hydrogen-bond donors (Lipinski definition) is 0. The van der Waals surface area contributed by atoms with Crippen molar-refractivity contribution in [2.45, 2.75) is 86.0 Å². The Morgan fingerprint density at radius 1 is 0.593 bits per heavy atom. The second kappa shape index (κ2) is 14.3. The van der Waals surface area contributed by atoms with Crippen LogP contribution in [0.15, 0.2) is 76.9 Å². The Balaban J connectivity index is 2.21. The van der Waals surface area contributed by atoms with E-state index in [0.717, 1.165) is 12.8 Å². The van der Waals surface area contributed by atoms with Crippen LogP contribution < -0.4 is 0 Å². The Morgan fingerprint density at radius 3 is 1.52 bits per heavy atom. The van der Waals surface area contributed by atoms with Crippen LogP contribution in [0.25, 0.3) is 0 Å². The van der Waals surface area contributed by atoms with E-state index in [1.807, 2.05) is 0 Å². The fraction of sp³-hybridized carbons (Fsp3) is 0.481. The molecule has 0 saturated carbocycles. The third kappa shape index (κ3) is 13.1. The zero-order valence-electron chi connectivity index (χ0n) is 18.4. The van der Waals surface area contributed by atoms with Crippen molar-refractivity contribution in [2.24, 2.45) is 0 Å². The maximum atomic E-state index is 2.43. The van der Waals surface area contributed by atoms with Crippen LogP contribution in [0.1, 0.15) is 85.1 Å². The molecule has 0 amide bonds. The summed E-state index contributed by atoms with van der Waals surface area (Å²) in [4.78, 5) is 0. The predicted molar refractivity (Wildman–Crippen MR) is 123 cm³/mol. The Bertz CT molecular complexity index is 634. The molecule has 0 heterocycles. The number of allylic oxidation sites excluding steroid dienone is 8. The number of rotatable bonds is 12. The van der Waals surface area contributed by atoms with Crippen molar-refractivity contribution in [3.8, 4) is 0 Å². The Morgan fingerprint density at radius 2 is 1.04 bits per heavy atom. The van der Waals surface area contributed by atoms with E-state index in [1.54, 1.807) is 0 Å². The first kappa shape index (κ1) is 23.2. The van der Waals surface area contributed by atoms with Crippen LogP contribution in [0, 0.1) is 0 Å². The first-order valence-corrected chi connectivity index (χ1v) is 10.6. The van der Waals surface area contributed by atoms with E-state index < -0.39 is 0 Å².